The predicted molar refractivity (Wildman–Crippen MR) is 92.1 cm³/mol. The van der Waals surface area contributed by atoms with E-state index < -0.39 is 5.92 Å². The molecule has 2 fully saturated rings. The molecule has 2 saturated heterocycles. The molecule has 130 valence electrons. The van der Waals surface area contributed by atoms with Gasteiger partial charge in [0.25, 0.3) is 0 Å². The number of nitrogens with zero attached hydrogens (tertiary/aromatic N) is 2. The van der Waals surface area contributed by atoms with E-state index in [1.54, 1.807) is 12.0 Å². The molecule has 0 bridgehead atoms. The van der Waals surface area contributed by atoms with Crippen LogP contribution in [-0.4, -0.2) is 56.5 Å². The standard InChI is InChI=1S/C18H25N3O3/c1-24-15-6-4-5-14(13-15)21-11-7-16(18(21)23)17(22)19-8-12-20-9-2-3-10-20/h4-6,13,16H,2-3,7-12H2,1H3,(H,19,22). The molecule has 2 heterocycles. The lowest BCUT2D eigenvalue weighted by atomic mass is 10.1. The fourth-order valence-electron chi connectivity index (χ4n) is 3.42. The van der Waals surface area contributed by atoms with Gasteiger partial charge in [-0.15, -0.1) is 0 Å². The van der Waals surface area contributed by atoms with Crippen LogP contribution in [0, 0.1) is 5.92 Å². The molecule has 6 heteroatoms. The molecule has 1 N–H and O–H groups in total. The van der Waals surface area contributed by atoms with E-state index in [4.69, 9.17) is 4.74 Å². The van der Waals surface area contributed by atoms with Gasteiger partial charge in [0.05, 0.1) is 7.11 Å². The summed E-state index contributed by atoms with van der Waals surface area (Å²) in [5.41, 5.74) is 0.784. The molecule has 3 rings (SSSR count). The lowest BCUT2D eigenvalue weighted by Gasteiger charge is -2.18. The maximum Gasteiger partial charge on any atom is 0.239 e. The van der Waals surface area contributed by atoms with Crippen molar-refractivity contribution in [2.45, 2.75) is 19.3 Å². The molecular formula is C18H25N3O3. The van der Waals surface area contributed by atoms with Gasteiger partial charge in [-0.1, -0.05) is 6.07 Å². The average Bonchev–Trinajstić information content (AvgIpc) is 3.24. The second kappa shape index (κ2) is 7.66. The van der Waals surface area contributed by atoms with Gasteiger partial charge in [-0.2, -0.15) is 0 Å². The lowest BCUT2D eigenvalue weighted by molar-refractivity contribution is -0.132. The number of likely N-dealkylation sites (tertiary alicyclic amines) is 1. The van der Waals surface area contributed by atoms with Crippen LogP contribution < -0.4 is 15.0 Å². The number of methoxy groups -OCH3 is 1. The van der Waals surface area contributed by atoms with Crippen LogP contribution in [0.15, 0.2) is 24.3 Å². The van der Waals surface area contributed by atoms with E-state index in [9.17, 15) is 9.59 Å². The first-order chi connectivity index (χ1) is 11.7. The summed E-state index contributed by atoms with van der Waals surface area (Å²) in [7, 11) is 1.60. The van der Waals surface area contributed by atoms with Crippen molar-refractivity contribution < 1.29 is 14.3 Å². The number of amides is 2. The minimum Gasteiger partial charge on any atom is -0.497 e. The minimum absolute atomic E-state index is 0.123. The number of hydrogen-bond acceptors (Lipinski definition) is 4. The van der Waals surface area contributed by atoms with Crippen molar-refractivity contribution in [1.29, 1.82) is 0 Å². The molecule has 24 heavy (non-hydrogen) atoms. The Morgan fingerprint density at radius 1 is 1.29 bits per heavy atom. The summed E-state index contributed by atoms with van der Waals surface area (Å²) in [4.78, 5) is 28.9. The summed E-state index contributed by atoms with van der Waals surface area (Å²) in [5.74, 6) is -0.139. The van der Waals surface area contributed by atoms with E-state index >= 15 is 0 Å². The Labute approximate surface area is 142 Å². The number of ether oxygens (including phenoxy) is 1. The third-order valence-corrected chi connectivity index (χ3v) is 4.81. The van der Waals surface area contributed by atoms with E-state index in [0.717, 1.165) is 25.3 Å². The van der Waals surface area contributed by atoms with Gasteiger partial charge in [0, 0.05) is 31.4 Å². The first-order valence-corrected chi connectivity index (χ1v) is 8.64. The van der Waals surface area contributed by atoms with Crippen molar-refractivity contribution in [3.63, 3.8) is 0 Å². The van der Waals surface area contributed by atoms with E-state index in [1.165, 1.54) is 12.8 Å². The third-order valence-electron chi connectivity index (χ3n) is 4.81. The number of benzene rings is 1. The molecule has 6 nitrogen and oxygen atoms in total. The van der Waals surface area contributed by atoms with Crippen LogP contribution in [-0.2, 0) is 9.59 Å². The summed E-state index contributed by atoms with van der Waals surface area (Å²) < 4.78 is 5.20. The molecule has 2 aliphatic heterocycles. The first-order valence-electron chi connectivity index (χ1n) is 8.64. The van der Waals surface area contributed by atoms with Crippen LogP contribution >= 0.6 is 0 Å². The number of hydrogen-bond donors (Lipinski definition) is 1. The normalized spacial score (nSPS) is 21.3. The second-order valence-electron chi connectivity index (χ2n) is 6.37. The zero-order valence-electron chi connectivity index (χ0n) is 14.2. The van der Waals surface area contributed by atoms with Gasteiger partial charge in [0.15, 0.2) is 0 Å². The van der Waals surface area contributed by atoms with Crippen molar-refractivity contribution in [2.24, 2.45) is 5.92 Å². The third kappa shape index (κ3) is 3.70. The maximum absolute atomic E-state index is 12.6. The molecule has 0 radical (unpaired) electrons. The van der Waals surface area contributed by atoms with E-state index in [0.29, 0.717) is 25.3 Å². The molecular weight excluding hydrogens is 306 g/mol. The van der Waals surface area contributed by atoms with Crippen molar-refractivity contribution >= 4 is 17.5 Å². The van der Waals surface area contributed by atoms with Gasteiger partial charge in [-0.3, -0.25) is 9.59 Å². The highest BCUT2D eigenvalue weighted by atomic mass is 16.5. The fourth-order valence-corrected chi connectivity index (χ4v) is 3.42. The molecule has 0 spiro atoms. The largest absolute Gasteiger partial charge is 0.497 e. The Balaban J connectivity index is 1.53. The van der Waals surface area contributed by atoms with Gasteiger partial charge in [-0.05, 0) is 44.5 Å². The maximum atomic E-state index is 12.6. The summed E-state index contributed by atoms with van der Waals surface area (Å²) >= 11 is 0. The quantitative estimate of drug-likeness (QED) is 0.797. The van der Waals surface area contributed by atoms with Crippen molar-refractivity contribution in [1.82, 2.24) is 10.2 Å². The Morgan fingerprint density at radius 3 is 2.83 bits per heavy atom. The average molecular weight is 331 g/mol. The smallest absolute Gasteiger partial charge is 0.239 e. The van der Waals surface area contributed by atoms with E-state index in [-0.39, 0.29) is 11.8 Å². The monoisotopic (exact) mass is 331 g/mol. The molecule has 0 saturated carbocycles. The molecule has 2 amide bonds. The van der Waals surface area contributed by atoms with Crippen LogP contribution in [0.3, 0.4) is 0 Å². The molecule has 1 aromatic rings. The van der Waals surface area contributed by atoms with Crippen LogP contribution in [0.5, 0.6) is 5.75 Å². The molecule has 0 aliphatic carbocycles. The van der Waals surface area contributed by atoms with Gasteiger partial charge < -0.3 is 19.9 Å². The van der Waals surface area contributed by atoms with Crippen LogP contribution in [0.2, 0.25) is 0 Å². The zero-order valence-corrected chi connectivity index (χ0v) is 14.2. The summed E-state index contributed by atoms with van der Waals surface area (Å²) in [6, 6.07) is 7.39. The highest BCUT2D eigenvalue weighted by Crippen LogP contribution is 2.28. The Hall–Kier alpha value is -2.08. The summed E-state index contributed by atoms with van der Waals surface area (Å²) in [5, 5.41) is 2.92. The van der Waals surface area contributed by atoms with E-state index in [1.807, 2.05) is 24.3 Å². The number of rotatable bonds is 6. The topological polar surface area (TPSA) is 61.9 Å². The summed E-state index contributed by atoms with van der Waals surface area (Å²) in [6.45, 7) is 4.27. The van der Waals surface area contributed by atoms with Crippen molar-refractivity contribution in [3.8, 4) is 5.75 Å². The SMILES string of the molecule is COc1cccc(N2CCC(C(=O)NCCN3CCCC3)C2=O)c1. The zero-order chi connectivity index (χ0) is 16.9. The number of carbonyl (C=O) groups excluding carboxylic acids is 2. The van der Waals surface area contributed by atoms with Crippen molar-refractivity contribution in [3.05, 3.63) is 24.3 Å². The highest BCUT2D eigenvalue weighted by molar-refractivity contribution is 6.09. The molecule has 1 unspecified atom stereocenters. The molecule has 0 aromatic heterocycles. The lowest BCUT2D eigenvalue weighted by Crippen LogP contribution is -2.40. The Kier molecular flexibility index (Phi) is 5.35. The van der Waals surface area contributed by atoms with Gasteiger partial charge >= 0.3 is 0 Å². The molecule has 2 aliphatic rings. The molecule has 1 aromatic carbocycles. The van der Waals surface area contributed by atoms with Crippen LogP contribution in [0.1, 0.15) is 19.3 Å². The van der Waals surface area contributed by atoms with E-state index in [2.05, 4.69) is 10.2 Å². The number of nitrogens with one attached hydrogen (secondary N) is 1. The first kappa shape index (κ1) is 16.8. The van der Waals surface area contributed by atoms with Gasteiger partial charge in [-0.25, -0.2) is 0 Å². The van der Waals surface area contributed by atoms with Gasteiger partial charge in [0.1, 0.15) is 11.7 Å². The fraction of sp³-hybridized carbons (Fsp3) is 0.556. The predicted octanol–water partition coefficient (Wildman–Crippen LogP) is 1.26. The second-order valence-corrected chi connectivity index (χ2v) is 6.37. The Bertz CT molecular complexity index is 599. The highest BCUT2D eigenvalue weighted by Gasteiger charge is 2.37. The minimum atomic E-state index is -0.574. The van der Waals surface area contributed by atoms with Crippen molar-refractivity contribution in [2.75, 3.05) is 44.7 Å². The van der Waals surface area contributed by atoms with Gasteiger partial charge in [0.2, 0.25) is 11.8 Å². The van der Waals surface area contributed by atoms with Crippen LogP contribution in [0.4, 0.5) is 5.69 Å². The summed E-state index contributed by atoms with van der Waals surface area (Å²) in [6.07, 6.45) is 3.04. The Morgan fingerprint density at radius 2 is 2.08 bits per heavy atom. The number of anilines is 1. The van der Waals surface area contributed by atoms with Crippen LogP contribution in [0.25, 0.3) is 0 Å². The number of carbonyl (C=O) groups is 2. The molecule has 1 atom stereocenters.